The highest BCUT2D eigenvalue weighted by molar-refractivity contribution is 7.85. The van der Waals surface area contributed by atoms with E-state index >= 15 is 0 Å². The summed E-state index contributed by atoms with van der Waals surface area (Å²) in [5.74, 6) is 0. The lowest BCUT2D eigenvalue weighted by Gasteiger charge is -2.12. The zero-order valence-corrected chi connectivity index (χ0v) is 19.6. The maximum absolute atomic E-state index is 11.6. The number of nitrogens with two attached hydrogens (primary N) is 1. The van der Waals surface area contributed by atoms with Gasteiger partial charge in [0, 0.05) is 11.8 Å². The summed E-state index contributed by atoms with van der Waals surface area (Å²) in [6.45, 7) is 11.2. The molecule has 0 unspecified atom stereocenters. The molecule has 0 saturated carbocycles. The molecule has 2 rings (SSSR count). The minimum atomic E-state index is -1.18. The second kappa shape index (κ2) is 14.9. The molecule has 0 fully saturated rings. The molecule has 0 spiro atoms. The highest BCUT2D eigenvalue weighted by atomic mass is 32.2. The summed E-state index contributed by atoms with van der Waals surface area (Å²) in [6, 6.07) is 18.8. The molecule has 0 aliphatic carbocycles. The van der Waals surface area contributed by atoms with Crippen LogP contribution in [0.1, 0.15) is 64.9 Å². The molecular weight excluding hydrogens is 416 g/mol. The van der Waals surface area contributed by atoms with Crippen molar-refractivity contribution in [3.05, 3.63) is 71.8 Å². The molecule has 168 valence electrons. The molecule has 0 radical (unpaired) electrons. The summed E-state index contributed by atoms with van der Waals surface area (Å²) in [5, 5.41) is 5.04. The molecule has 30 heavy (non-hydrogen) atoms. The summed E-state index contributed by atoms with van der Waals surface area (Å²) in [7, 11) is -2.35. The Balaban J connectivity index is 0. The molecule has 0 aliphatic heterocycles. The Hall–Kier alpha value is -1.96. The molecule has 2 aromatic rings. The lowest BCUT2D eigenvalue weighted by Crippen LogP contribution is -2.27. The van der Waals surface area contributed by atoms with E-state index in [4.69, 9.17) is 5.14 Å². The minimum Gasteiger partial charge on any atom is -0.298 e. The Morgan fingerprint density at radius 3 is 1.40 bits per heavy atom. The summed E-state index contributed by atoms with van der Waals surface area (Å²) in [4.78, 5) is 10.0. The van der Waals surface area contributed by atoms with Crippen molar-refractivity contribution in [3.63, 3.8) is 0 Å². The van der Waals surface area contributed by atoms with Crippen molar-refractivity contribution in [2.24, 2.45) is 9.54 Å². The number of hydrogen-bond acceptors (Lipinski definition) is 3. The van der Waals surface area contributed by atoms with Crippen molar-refractivity contribution < 1.29 is 13.2 Å². The standard InChI is InChI=1S/C11H15NOS.C7H6O.C4H11NOS.CH4/c1-11(2,3)14(13)12-9-10-7-5-4-6-8-10;8-6-7-4-2-1-3-5-7;1-4(2,3)7(5)6;/h4-9H,1-3H3;1-6H;5H2,1-3H3;1H4/t14-;;7-;/m1.1./s1. The van der Waals surface area contributed by atoms with Crippen LogP contribution in [-0.4, -0.2) is 30.4 Å². The van der Waals surface area contributed by atoms with Crippen LogP contribution in [-0.2, 0) is 22.0 Å². The topological polar surface area (TPSA) is 89.6 Å². The average molecular weight is 453 g/mol. The lowest BCUT2D eigenvalue weighted by molar-refractivity contribution is 0.112. The largest absolute Gasteiger partial charge is 0.298 e. The highest BCUT2D eigenvalue weighted by Crippen LogP contribution is 2.12. The van der Waals surface area contributed by atoms with Crippen LogP contribution in [0.15, 0.2) is 65.1 Å². The van der Waals surface area contributed by atoms with Crippen LogP contribution in [0.25, 0.3) is 0 Å². The maximum atomic E-state index is 11.6. The van der Waals surface area contributed by atoms with Crippen LogP contribution in [0.4, 0.5) is 0 Å². The fourth-order valence-corrected chi connectivity index (χ4v) is 1.87. The third-order valence-corrected chi connectivity index (χ3v) is 5.71. The van der Waals surface area contributed by atoms with Crippen LogP contribution in [0.5, 0.6) is 0 Å². The van der Waals surface area contributed by atoms with Crippen LogP contribution in [0.3, 0.4) is 0 Å². The number of aldehydes is 1. The molecule has 2 atom stereocenters. The summed E-state index contributed by atoms with van der Waals surface area (Å²) in [6.07, 6.45) is 2.49. The second-order valence-electron chi connectivity index (χ2n) is 7.95. The average Bonchev–Trinajstić information content (AvgIpc) is 2.67. The molecule has 2 N–H and O–H groups in total. The van der Waals surface area contributed by atoms with Gasteiger partial charge in [-0.15, -0.1) is 0 Å². The zero-order valence-electron chi connectivity index (χ0n) is 18.0. The lowest BCUT2D eigenvalue weighted by atomic mass is 10.2. The molecule has 2 aromatic carbocycles. The van der Waals surface area contributed by atoms with E-state index < -0.39 is 22.0 Å². The minimum absolute atomic E-state index is 0. The number of hydrogen-bond donors (Lipinski definition) is 1. The van der Waals surface area contributed by atoms with Crippen molar-refractivity contribution in [2.75, 3.05) is 0 Å². The van der Waals surface area contributed by atoms with Gasteiger partial charge in [-0.05, 0) is 47.1 Å². The smallest absolute Gasteiger partial charge is 0.150 e. The highest BCUT2D eigenvalue weighted by Gasteiger charge is 2.18. The van der Waals surface area contributed by atoms with Gasteiger partial charge in [-0.3, -0.25) is 9.93 Å². The van der Waals surface area contributed by atoms with E-state index in [1.807, 2.05) is 90.1 Å². The number of rotatable bonds is 3. The van der Waals surface area contributed by atoms with Gasteiger partial charge >= 0.3 is 0 Å². The van der Waals surface area contributed by atoms with E-state index in [0.29, 0.717) is 0 Å². The van der Waals surface area contributed by atoms with Gasteiger partial charge in [0.1, 0.15) is 17.3 Å². The predicted octanol–water partition coefficient (Wildman–Crippen LogP) is 5.11. The molecule has 0 aromatic heterocycles. The molecule has 0 saturated heterocycles. The summed E-state index contributed by atoms with van der Waals surface area (Å²) >= 11 is 0. The number of carbonyl (C=O) groups excluding carboxylic acids is 1. The third kappa shape index (κ3) is 15.0. The Morgan fingerprint density at radius 2 is 1.13 bits per heavy atom. The van der Waals surface area contributed by atoms with Crippen molar-refractivity contribution in [2.45, 2.75) is 58.5 Å². The number of carbonyl (C=O) groups is 1. The van der Waals surface area contributed by atoms with Gasteiger partial charge in [0.25, 0.3) is 0 Å². The number of nitrogens with zero attached hydrogens (tertiary/aromatic N) is 1. The monoisotopic (exact) mass is 452 g/mol. The van der Waals surface area contributed by atoms with Crippen molar-refractivity contribution in [3.8, 4) is 0 Å². The Morgan fingerprint density at radius 1 is 0.767 bits per heavy atom. The van der Waals surface area contributed by atoms with E-state index in [-0.39, 0.29) is 16.9 Å². The van der Waals surface area contributed by atoms with E-state index in [1.54, 1.807) is 18.3 Å². The first-order valence-electron chi connectivity index (χ1n) is 9.05. The SMILES string of the molecule is C.CC(C)(C)[S@@](=O)N=Cc1ccccc1.CC(C)(C)[S@](N)=O.O=Cc1ccccc1. The Bertz CT molecular complexity index is 795. The first kappa shape index (κ1) is 30.2. The van der Waals surface area contributed by atoms with Gasteiger partial charge in [-0.2, -0.15) is 4.40 Å². The van der Waals surface area contributed by atoms with E-state index in [9.17, 15) is 13.2 Å². The molecular formula is C23H36N2O3S2. The van der Waals surface area contributed by atoms with Gasteiger partial charge in [0.05, 0.1) is 20.5 Å². The quantitative estimate of drug-likeness (QED) is 0.518. The Kier molecular flexibility index (Phi) is 15.1. The van der Waals surface area contributed by atoms with E-state index in [1.165, 1.54) is 0 Å². The van der Waals surface area contributed by atoms with Crippen LogP contribution >= 0.6 is 0 Å². The second-order valence-corrected chi connectivity index (χ2v) is 11.7. The Labute approximate surface area is 187 Å². The zero-order chi connectivity index (χ0) is 22.5. The normalized spacial score (nSPS) is 12.9. The molecule has 0 bridgehead atoms. The van der Waals surface area contributed by atoms with Crippen LogP contribution < -0.4 is 5.14 Å². The molecule has 0 heterocycles. The van der Waals surface area contributed by atoms with Gasteiger partial charge in [-0.25, -0.2) is 8.42 Å². The molecule has 0 aliphatic rings. The van der Waals surface area contributed by atoms with Gasteiger partial charge < -0.3 is 0 Å². The molecule has 5 nitrogen and oxygen atoms in total. The maximum Gasteiger partial charge on any atom is 0.150 e. The van der Waals surface area contributed by atoms with Crippen LogP contribution in [0, 0.1) is 0 Å². The summed E-state index contributed by atoms with van der Waals surface area (Å²) < 4.78 is 25.4. The van der Waals surface area contributed by atoms with E-state index in [0.717, 1.165) is 17.4 Å². The van der Waals surface area contributed by atoms with E-state index in [2.05, 4.69) is 4.40 Å². The van der Waals surface area contributed by atoms with Gasteiger partial charge in [0.15, 0.2) is 0 Å². The molecule has 0 amide bonds. The molecule has 7 heteroatoms. The number of benzene rings is 2. The van der Waals surface area contributed by atoms with Gasteiger partial charge in [0.2, 0.25) is 0 Å². The van der Waals surface area contributed by atoms with Crippen LogP contribution in [0.2, 0.25) is 0 Å². The van der Waals surface area contributed by atoms with Crippen molar-refractivity contribution in [1.82, 2.24) is 0 Å². The van der Waals surface area contributed by atoms with Crippen molar-refractivity contribution >= 4 is 34.5 Å². The van der Waals surface area contributed by atoms with Crippen molar-refractivity contribution in [1.29, 1.82) is 0 Å². The fraction of sp³-hybridized carbons (Fsp3) is 0.391. The van der Waals surface area contributed by atoms with Gasteiger partial charge in [-0.1, -0.05) is 68.1 Å². The summed E-state index contributed by atoms with van der Waals surface area (Å²) in [5.41, 5.74) is 1.71. The first-order valence-corrected chi connectivity index (χ1v) is 11.4. The fourth-order valence-electron chi connectivity index (χ4n) is 1.34. The first-order chi connectivity index (χ1) is 13.4. The predicted molar refractivity (Wildman–Crippen MR) is 133 cm³/mol. The third-order valence-electron chi connectivity index (χ3n) is 3.16.